The second-order valence-corrected chi connectivity index (χ2v) is 6.48. The number of aromatic nitrogens is 2. The van der Waals surface area contributed by atoms with Crippen molar-refractivity contribution in [1.82, 2.24) is 10.2 Å². The molecule has 0 saturated carbocycles. The highest BCUT2D eigenvalue weighted by Gasteiger charge is 2.15. The number of hydrogen-bond donors (Lipinski definition) is 2. The lowest BCUT2D eigenvalue weighted by atomic mass is 10.1. The van der Waals surface area contributed by atoms with Gasteiger partial charge < -0.3 is 10.6 Å². The quantitative estimate of drug-likeness (QED) is 0.619. The number of amides is 2. The third-order valence-electron chi connectivity index (χ3n) is 3.08. The van der Waals surface area contributed by atoms with Crippen LogP contribution in [0.15, 0.2) is 24.3 Å². The van der Waals surface area contributed by atoms with Crippen molar-refractivity contribution in [3.8, 4) is 0 Å². The lowest BCUT2D eigenvalue weighted by Crippen LogP contribution is -2.22. The number of para-hydroxylation sites is 1. The van der Waals surface area contributed by atoms with Crippen LogP contribution in [-0.4, -0.2) is 27.8 Å². The summed E-state index contributed by atoms with van der Waals surface area (Å²) in [6, 6.07) is 6.65. The van der Waals surface area contributed by atoms with Gasteiger partial charge in [0.05, 0.1) is 5.69 Å². The molecule has 1 heterocycles. The van der Waals surface area contributed by atoms with Crippen molar-refractivity contribution in [2.24, 2.45) is 0 Å². The fourth-order valence-electron chi connectivity index (χ4n) is 1.92. The Kier molecular flexibility index (Phi) is 5.75. The number of hydrogen-bond acceptors (Lipinski definition) is 6. The van der Waals surface area contributed by atoms with Crippen LogP contribution >= 0.6 is 11.3 Å². The van der Waals surface area contributed by atoms with E-state index in [2.05, 4.69) is 20.8 Å². The average molecular weight is 346 g/mol. The summed E-state index contributed by atoms with van der Waals surface area (Å²) in [5, 5.41) is 14.1. The van der Waals surface area contributed by atoms with E-state index in [1.54, 1.807) is 24.3 Å². The van der Waals surface area contributed by atoms with Gasteiger partial charge in [0.25, 0.3) is 0 Å². The third kappa shape index (κ3) is 4.69. The summed E-state index contributed by atoms with van der Waals surface area (Å²) in [5.74, 6) is -0.931. The predicted molar refractivity (Wildman–Crippen MR) is 92.3 cm³/mol. The molecule has 24 heavy (non-hydrogen) atoms. The first-order valence-corrected chi connectivity index (χ1v) is 8.21. The number of carbonyl (C=O) groups excluding carboxylic acids is 3. The zero-order chi connectivity index (χ0) is 17.7. The average Bonchev–Trinajstić information content (AvgIpc) is 2.95. The minimum absolute atomic E-state index is 0.162. The number of anilines is 2. The Labute approximate surface area is 143 Å². The van der Waals surface area contributed by atoms with Gasteiger partial charge in [-0.25, -0.2) is 0 Å². The van der Waals surface area contributed by atoms with Gasteiger partial charge in [0, 0.05) is 11.5 Å². The molecule has 0 atom stereocenters. The molecule has 2 N–H and O–H groups in total. The van der Waals surface area contributed by atoms with E-state index in [9.17, 15) is 14.4 Å². The van der Waals surface area contributed by atoms with Crippen molar-refractivity contribution in [2.75, 3.05) is 10.6 Å². The SMILES string of the molecule is CC(=O)c1ccccc1NC(=O)CC(=O)Nc1nnc(C(C)C)s1. The van der Waals surface area contributed by atoms with Crippen molar-refractivity contribution in [3.63, 3.8) is 0 Å². The molecule has 7 nitrogen and oxygen atoms in total. The summed E-state index contributed by atoms with van der Waals surface area (Å²) >= 11 is 1.28. The monoisotopic (exact) mass is 346 g/mol. The molecule has 0 aliphatic heterocycles. The number of rotatable bonds is 6. The minimum atomic E-state index is -0.505. The first kappa shape index (κ1) is 17.7. The molecule has 0 radical (unpaired) electrons. The summed E-state index contributed by atoms with van der Waals surface area (Å²) in [6.45, 7) is 5.37. The maximum absolute atomic E-state index is 12.0. The predicted octanol–water partition coefficient (Wildman–Crippen LogP) is 2.83. The van der Waals surface area contributed by atoms with Gasteiger partial charge in [0.15, 0.2) is 5.78 Å². The second kappa shape index (κ2) is 7.78. The van der Waals surface area contributed by atoms with Gasteiger partial charge >= 0.3 is 0 Å². The van der Waals surface area contributed by atoms with Crippen LogP contribution in [0.2, 0.25) is 0 Å². The number of nitrogens with one attached hydrogen (secondary N) is 2. The summed E-state index contributed by atoms with van der Waals surface area (Å²) < 4.78 is 0. The van der Waals surface area contributed by atoms with Gasteiger partial charge in [-0.2, -0.15) is 0 Å². The van der Waals surface area contributed by atoms with E-state index >= 15 is 0 Å². The Morgan fingerprint density at radius 1 is 1.08 bits per heavy atom. The summed E-state index contributed by atoms with van der Waals surface area (Å²) in [5.41, 5.74) is 0.790. The number of Topliss-reactive ketones (excluding diaryl/α,β-unsaturated/α-hetero) is 1. The Morgan fingerprint density at radius 3 is 2.38 bits per heavy atom. The Balaban J connectivity index is 1.94. The zero-order valence-corrected chi connectivity index (χ0v) is 14.4. The molecule has 2 rings (SSSR count). The van der Waals surface area contributed by atoms with Crippen LogP contribution < -0.4 is 10.6 Å². The molecule has 1 aromatic heterocycles. The molecule has 0 aliphatic rings. The topological polar surface area (TPSA) is 101 Å². The van der Waals surface area contributed by atoms with Crippen molar-refractivity contribution in [2.45, 2.75) is 33.1 Å². The molecular formula is C16H18N4O3S. The molecule has 126 valence electrons. The molecule has 2 aromatic rings. The number of ketones is 1. The van der Waals surface area contributed by atoms with Crippen LogP contribution in [0.5, 0.6) is 0 Å². The Bertz CT molecular complexity index is 770. The third-order valence-corrected chi connectivity index (χ3v) is 4.22. The largest absolute Gasteiger partial charge is 0.325 e. The van der Waals surface area contributed by atoms with E-state index < -0.39 is 11.8 Å². The summed E-state index contributed by atoms with van der Waals surface area (Å²) in [4.78, 5) is 35.4. The molecule has 1 aromatic carbocycles. The molecule has 0 aliphatic carbocycles. The van der Waals surface area contributed by atoms with Crippen LogP contribution in [0.25, 0.3) is 0 Å². The van der Waals surface area contributed by atoms with E-state index in [0.717, 1.165) is 5.01 Å². The number of benzene rings is 1. The summed E-state index contributed by atoms with van der Waals surface area (Å²) in [6.07, 6.45) is -0.372. The highest BCUT2D eigenvalue weighted by Crippen LogP contribution is 2.22. The van der Waals surface area contributed by atoms with Gasteiger partial charge in [0.2, 0.25) is 16.9 Å². The van der Waals surface area contributed by atoms with Crippen LogP contribution in [-0.2, 0) is 9.59 Å². The van der Waals surface area contributed by atoms with E-state index in [1.165, 1.54) is 18.3 Å². The fraction of sp³-hybridized carbons (Fsp3) is 0.312. The van der Waals surface area contributed by atoms with Crippen molar-refractivity contribution in [3.05, 3.63) is 34.8 Å². The van der Waals surface area contributed by atoms with Gasteiger partial charge in [0.1, 0.15) is 11.4 Å². The first-order chi connectivity index (χ1) is 11.4. The summed E-state index contributed by atoms with van der Waals surface area (Å²) in [7, 11) is 0. The maximum atomic E-state index is 12.0. The maximum Gasteiger partial charge on any atom is 0.235 e. The number of nitrogens with zero attached hydrogens (tertiary/aromatic N) is 2. The van der Waals surface area contributed by atoms with E-state index in [1.807, 2.05) is 13.8 Å². The van der Waals surface area contributed by atoms with Crippen molar-refractivity contribution in [1.29, 1.82) is 0 Å². The van der Waals surface area contributed by atoms with Gasteiger partial charge in [-0.1, -0.05) is 37.3 Å². The molecule has 0 bridgehead atoms. The smallest absolute Gasteiger partial charge is 0.235 e. The molecule has 0 unspecified atom stereocenters. The highest BCUT2D eigenvalue weighted by molar-refractivity contribution is 7.15. The molecule has 0 fully saturated rings. The van der Waals surface area contributed by atoms with Gasteiger partial charge in [-0.3, -0.25) is 14.4 Å². The molecule has 0 saturated heterocycles. The molecule has 0 spiro atoms. The van der Waals surface area contributed by atoms with Crippen LogP contribution in [0.4, 0.5) is 10.8 Å². The normalized spacial score (nSPS) is 10.5. The molecule has 8 heteroatoms. The molecular weight excluding hydrogens is 328 g/mol. The van der Waals surface area contributed by atoms with Gasteiger partial charge in [-0.15, -0.1) is 10.2 Å². The first-order valence-electron chi connectivity index (χ1n) is 7.40. The lowest BCUT2D eigenvalue weighted by Gasteiger charge is -2.08. The van der Waals surface area contributed by atoms with Crippen LogP contribution in [0.3, 0.4) is 0 Å². The van der Waals surface area contributed by atoms with Crippen molar-refractivity contribution >= 4 is 39.8 Å². The van der Waals surface area contributed by atoms with Gasteiger partial charge in [-0.05, 0) is 19.1 Å². The Morgan fingerprint density at radius 2 is 1.75 bits per heavy atom. The minimum Gasteiger partial charge on any atom is -0.325 e. The van der Waals surface area contributed by atoms with Crippen LogP contribution in [0, 0.1) is 0 Å². The standard InChI is InChI=1S/C16H18N4O3S/c1-9(2)15-19-20-16(24-15)18-14(23)8-13(22)17-12-7-5-4-6-11(12)10(3)21/h4-7,9H,8H2,1-3H3,(H,17,22)(H,18,20,23). The Hall–Kier alpha value is -2.61. The van der Waals surface area contributed by atoms with E-state index in [-0.39, 0.29) is 18.1 Å². The molecule has 2 amide bonds. The zero-order valence-electron chi connectivity index (χ0n) is 13.6. The fourth-order valence-corrected chi connectivity index (χ4v) is 2.68. The van der Waals surface area contributed by atoms with E-state index in [4.69, 9.17) is 0 Å². The number of carbonyl (C=O) groups is 3. The van der Waals surface area contributed by atoms with Crippen LogP contribution in [0.1, 0.15) is 48.5 Å². The van der Waals surface area contributed by atoms with Crippen molar-refractivity contribution < 1.29 is 14.4 Å². The second-order valence-electron chi connectivity index (χ2n) is 5.48. The highest BCUT2D eigenvalue weighted by atomic mass is 32.1. The van der Waals surface area contributed by atoms with E-state index in [0.29, 0.717) is 16.4 Å². The lowest BCUT2D eigenvalue weighted by molar-refractivity contribution is -0.123.